The fourth-order valence-electron chi connectivity index (χ4n) is 2.77. The fraction of sp³-hybridized carbons (Fsp3) is 0.929. The Morgan fingerprint density at radius 2 is 2.17 bits per heavy atom. The van der Waals surface area contributed by atoms with Crippen molar-refractivity contribution in [3.05, 3.63) is 0 Å². The number of thioether (sulfide) groups is 1. The zero-order valence-electron chi connectivity index (χ0n) is 11.9. The number of ether oxygens (including phenoxy) is 1. The van der Waals surface area contributed by atoms with Gasteiger partial charge in [-0.25, -0.2) is 0 Å². The van der Waals surface area contributed by atoms with E-state index in [-0.39, 0.29) is 5.97 Å². The van der Waals surface area contributed by atoms with Crippen molar-refractivity contribution in [1.82, 2.24) is 5.32 Å². The third kappa shape index (κ3) is 5.19. The van der Waals surface area contributed by atoms with Crippen molar-refractivity contribution in [3.63, 3.8) is 0 Å². The Balaban J connectivity index is 2.39. The predicted octanol–water partition coefficient (Wildman–Crippen LogP) is 2.84. The van der Waals surface area contributed by atoms with Crippen molar-refractivity contribution in [1.29, 1.82) is 0 Å². The van der Waals surface area contributed by atoms with Gasteiger partial charge in [0.1, 0.15) is 0 Å². The maximum absolute atomic E-state index is 11.4. The van der Waals surface area contributed by atoms with Crippen molar-refractivity contribution >= 4 is 17.7 Å². The first-order chi connectivity index (χ1) is 8.71. The summed E-state index contributed by atoms with van der Waals surface area (Å²) in [5.41, 5.74) is 0. The second-order valence-corrected chi connectivity index (χ2v) is 6.24. The lowest BCUT2D eigenvalue weighted by Crippen LogP contribution is -2.41. The number of nitrogens with one attached hydrogen (secondary N) is 1. The first-order valence-corrected chi connectivity index (χ1v) is 8.20. The Kier molecular flexibility index (Phi) is 7.75. The van der Waals surface area contributed by atoms with Crippen LogP contribution in [0, 0.1) is 5.92 Å². The molecule has 1 aliphatic rings. The van der Waals surface area contributed by atoms with E-state index in [1.54, 1.807) is 11.8 Å². The standard InChI is InChI=1S/C14H27NO2S/c1-4-6-11-7-8-12(15-3)13(9-11)18-10-14(16)17-5-2/h11-13,15H,4-10H2,1-3H3. The van der Waals surface area contributed by atoms with E-state index in [4.69, 9.17) is 4.74 Å². The molecule has 1 fully saturated rings. The molecule has 4 heteroatoms. The molecule has 1 saturated carbocycles. The van der Waals surface area contributed by atoms with Crippen molar-refractivity contribution in [2.75, 3.05) is 19.4 Å². The highest BCUT2D eigenvalue weighted by molar-refractivity contribution is 8.00. The van der Waals surface area contributed by atoms with Crippen LogP contribution in [0.25, 0.3) is 0 Å². The van der Waals surface area contributed by atoms with Crippen LogP contribution >= 0.6 is 11.8 Å². The minimum atomic E-state index is -0.0741. The maximum Gasteiger partial charge on any atom is 0.315 e. The topological polar surface area (TPSA) is 38.3 Å². The number of rotatable bonds is 7. The van der Waals surface area contributed by atoms with E-state index < -0.39 is 0 Å². The molecule has 3 nitrogen and oxygen atoms in total. The Bertz CT molecular complexity index is 248. The van der Waals surface area contributed by atoms with Crippen molar-refractivity contribution in [2.24, 2.45) is 5.92 Å². The van der Waals surface area contributed by atoms with E-state index in [1.807, 2.05) is 14.0 Å². The van der Waals surface area contributed by atoms with Crippen LogP contribution in [0.3, 0.4) is 0 Å². The molecular formula is C14H27NO2S. The summed E-state index contributed by atoms with van der Waals surface area (Å²) in [5, 5.41) is 3.96. The van der Waals surface area contributed by atoms with Crippen LogP contribution in [0.4, 0.5) is 0 Å². The summed E-state index contributed by atoms with van der Waals surface area (Å²) in [6.45, 7) is 4.60. The zero-order chi connectivity index (χ0) is 13.4. The van der Waals surface area contributed by atoms with Crippen molar-refractivity contribution in [3.8, 4) is 0 Å². The van der Waals surface area contributed by atoms with Gasteiger partial charge < -0.3 is 10.1 Å². The molecule has 0 spiro atoms. The number of hydrogen-bond acceptors (Lipinski definition) is 4. The third-order valence-corrected chi connectivity index (χ3v) is 5.04. The molecule has 0 radical (unpaired) electrons. The normalized spacial score (nSPS) is 28.1. The SMILES string of the molecule is CCCC1CCC(NC)C(SCC(=O)OCC)C1. The summed E-state index contributed by atoms with van der Waals surface area (Å²) < 4.78 is 5.00. The van der Waals surface area contributed by atoms with Gasteiger partial charge in [-0.15, -0.1) is 11.8 Å². The van der Waals surface area contributed by atoms with E-state index in [0.717, 1.165) is 5.92 Å². The van der Waals surface area contributed by atoms with Gasteiger partial charge in [0, 0.05) is 11.3 Å². The first kappa shape index (κ1) is 15.8. The van der Waals surface area contributed by atoms with Crippen LogP contribution in [-0.4, -0.2) is 36.7 Å². The van der Waals surface area contributed by atoms with E-state index in [1.165, 1.54) is 32.1 Å². The van der Waals surface area contributed by atoms with Crippen LogP contribution in [0.15, 0.2) is 0 Å². The molecular weight excluding hydrogens is 246 g/mol. The van der Waals surface area contributed by atoms with E-state index in [9.17, 15) is 4.79 Å². The van der Waals surface area contributed by atoms with Gasteiger partial charge in [0.2, 0.25) is 0 Å². The number of carbonyl (C=O) groups excluding carboxylic acids is 1. The lowest BCUT2D eigenvalue weighted by Gasteiger charge is -2.35. The van der Waals surface area contributed by atoms with Gasteiger partial charge in [-0.05, 0) is 39.2 Å². The molecule has 0 aromatic heterocycles. The fourth-order valence-corrected chi connectivity index (χ4v) is 4.12. The molecule has 106 valence electrons. The molecule has 3 atom stereocenters. The Morgan fingerprint density at radius 1 is 1.39 bits per heavy atom. The molecule has 18 heavy (non-hydrogen) atoms. The summed E-state index contributed by atoms with van der Waals surface area (Å²) in [6, 6.07) is 0.553. The van der Waals surface area contributed by atoms with E-state index in [2.05, 4.69) is 12.2 Å². The molecule has 1 N–H and O–H groups in total. The highest BCUT2D eigenvalue weighted by atomic mass is 32.2. The molecule has 0 aromatic rings. The second kappa shape index (κ2) is 8.81. The maximum atomic E-state index is 11.4. The summed E-state index contributed by atoms with van der Waals surface area (Å²) in [7, 11) is 2.03. The minimum absolute atomic E-state index is 0.0741. The molecule has 1 rings (SSSR count). The number of esters is 1. The van der Waals surface area contributed by atoms with Crippen LogP contribution in [0.2, 0.25) is 0 Å². The number of hydrogen-bond donors (Lipinski definition) is 1. The lowest BCUT2D eigenvalue weighted by molar-refractivity contribution is -0.139. The van der Waals surface area contributed by atoms with Gasteiger partial charge in [0.05, 0.1) is 12.4 Å². The molecule has 1 aliphatic carbocycles. The van der Waals surface area contributed by atoms with Crippen LogP contribution in [0.5, 0.6) is 0 Å². The van der Waals surface area contributed by atoms with Crippen LogP contribution < -0.4 is 5.32 Å². The summed E-state index contributed by atoms with van der Waals surface area (Å²) in [5.74, 6) is 1.27. The van der Waals surface area contributed by atoms with E-state index in [0.29, 0.717) is 23.7 Å². The molecule has 0 amide bonds. The molecule has 0 saturated heterocycles. The van der Waals surface area contributed by atoms with Gasteiger partial charge in [0.25, 0.3) is 0 Å². The Hall–Kier alpha value is -0.220. The van der Waals surface area contributed by atoms with Crippen LogP contribution in [-0.2, 0) is 9.53 Å². The monoisotopic (exact) mass is 273 g/mol. The van der Waals surface area contributed by atoms with Gasteiger partial charge >= 0.3 is 5.97 Å². The van der Waals surface area contributed by atoms with Crippen molar-refractivity contribution < 1.29 is 9.53 Å². The van der Waals surface area contributed by atoms with Crippen molar-refractivity contribution in [2.45, 2.75) is 57.2 Å². The smallest absolute Gasteiger partial charge is 0.315 e. The third-order valence-electron chi connectivity index (χ3n) is 3.69. The minimum Gasteiger partial charge on any atom is -0.465 e. The molecule has 0 aliphatic heterocycles. The molecule has 0 aromatic carbocycles. The lowest BCUT2D eigenvalue weighted by atomic mass is 9.83. The summed E-state index contributed by atoms with van der Waals surface area (Å²) in [4.78, 5) is 11.4. The quantitative estimate of drug-likeness (QED) is 0.724. The average Bonchev–Trinajstić information content (AvgIpc) is 2.37. The van der Waals surface area contributed by atoms with Gasteiger partial charge in [-0.1, -0.05) is 19.8 Å². The zero-order valence-corrected chi connectivity index (χ0v) is 12.7. The average molecular weight is 273 g/mol. The predicted molar refractivity (Wildman–Crippen MR) is 78.0 cm³/mol. The van der Waals surface area contributed by atoms with Gasteiger partial charge in [-0.2, -0.15) is 0 Å². The first-order valence-electron chi connectivity index (χ1n) is 7.15. The second-order valence-electron chi connectivity index (χ2n) is 5.02. The summed E-state index contributed by atoms with van der Waals surface area (Å²) >= 11 is 1.77. The largest absolute Gasteiger partial charge is 0.465 e. The van der Waals surface area contributed by atoms with Crippen LogP contribution in [0.1, 0.15) is 46.0 Å². The Labute approximate surface area is 115 Å². The molecule has 3 unspecified atom stereocenters. The highest BCUT2D eigenvalue weighted by Crippen LogP contribution is 2.34. The van der Waals surface area contributed by atoms with E-state index >= 15 is 0 Å². The Morgan fingerprint density at radius 3 is 2.78 bits per heavy atom. The number of carbonyl (C=O) groups is 1. The molecule has 0 bridgehead atoms. The van der Waals surface area contributed by atoms with Gasteiger partial charge in [-0.3, -0.25) is 4.79 Å². The van der Waals surface area contributed by atoms with Gasteiger partial charge in [0.15, 0.2) is 0 Å². The molecule has 0 heterocycles. The summed E-state index contributed by atoms with van der Waals surface area (Å²) in [6.07, 6.45) is 6.40. The highest BCUT2D eigenvalue weighted by Gasteiger charge is 2.29.